The van der Waals surface area contributed by atoms with Gasteiger partial charge in [0.1, 0.15) is 0 Å². The Morgan fingerprint density at radius 1 is 0.531 bits per heavy atom. The van der Waals surface area contributed by atoms with Gasteiger partial charge in [-0.25, -0.2) is 20.0 Å². The number of allylic oxidation sites excluding steroid dienone is 12. The van der Waals surface area contributed by atoms with Gasteiger partial charge in [-0.15, -0.1) is 0 Å². The van der Waals surface area contributed by atoms with E-state index in [1.165, 1.54) is 0 Å². The molecule has 1 radical (unpaired) electrons. The quantitative estimate of drug-likeness (QED) is 0.477. The smallest absolute Gasteiger partial charge is 0.0738 e. The molecule has 0 fully saturated rings. The van der Waals surface area contributed by atoms with Crippen LogP contribution < -0.4 is 5.73 Å². The van der Waals surface area contributed by atoms with Crippen LogP contribution in [0.4, 0.5) is 5.69 Å². The van der Waals surface area contributed by atoms with Gasteiger partial charge in [0.05, 0.1) is 45.6 Å². The molecule has 0 saturated carbocycles. The third kappa shape index (κ3) is 3.78. The summed E-state index contributed by atoms with van der Waals surface area (Å²) in [6.45, 7) is 0. The topological polar surface area (TPSA) is 75.5 Å². The van der Waals surface area contributed by atoms with Crippen molar-refractivity contribution in [3.05, 3.63) is 119 Å². The number of nitrogens with two attached hydrogens (primary N) is 1. The number of hydrogen-bond acceptors (Lipinski definition) is 5. The SMILES string of the molecule is Nc1ccccc1C1=CC2=NC1=CC1=NC(=CC3=NC(=CC4=NC(=C2)C=C4)C=C3)C=C1.[Cu]. The first-order valence-electron chi connectivity index (χ1n) is 10.0. The molecule has 8 bridgehead atoms. The first kappa shape index (κ1) is 20.1. The summed E-state index contributed by atoms with van der Waals surface area (Å²) < 4.78 is 0. The van der Waals surface area contributed by atoms with Crippen molar-refractivity contribution in [3.8, 4) is 0 Å². The summed E-state index contributed by atoms with van der Waals surface area (Å²) in [5.74, 6) is 0. The molecule has 0 atom stereocenters. The first-order valence-corrected chi connectivity index (χ1v) is 10.0. The molecule has 32 heavy (non-hydrogen) atoms. The fourth-order valence-corrected chi connectivity index (χ4v) is 3.86. The second-order valence-electron chi connectivity index (χ2n) is 7.53. The Kier molecular flexibility index (Phi) is 5.02. The van der Waals surface area contributed by atoms with Crippen LogP contribution in [-0.4, -0.2) is 22.8 Å². The van der Waals surface area contributed by atoms with E-state index in [0.717, 1.165) is 56.8 Å². The molecule has 0 saturated heterocycles. The maximum Gasteiger partial charge on any atom is 0.0738 e. The number of hydrogen-bond donors (Lipinski definition) is 1. The fourth-order valence-electron chi connectivity index (χ4n) is 3.86. The van der Waals surface area contributed by atoms with E-state index in [4.69, 9.17) is 15.7 Å². The van der Waals surface area contributed by atoms with E-state index in [0.29, 0.717) is 5.69 Å². The molecule has 2 N–H and O–H groups in total. The van der Waals surface area contributed by atoms with Gasteiger partial charge >= 0.3 is 0 Å². The van der Waals surface area contributed by atoms with Crippen molar-refractivity contribution in [1.82, 2.24) is 0 Å². The Bertz CT molecular complexity index is 1420. The zero-order valence-corrected chi connectivity index (χ0v) is 17.8. The zero-order valence-electron chi connectivity index (χ0n) is 16.8. The van der Waals surface area contributed by atoms with Crippen LogP contribution in [-0.2, 0) is 17.1 Å². The molecule has 0 spiro atoms. The maximum atomic E-state index is 6.27. The van der Waals surface area contributed by atoms with Crippen molar-refractivity contribution in [2.75, 3.05) is 5.73 Å². The van der Waals surface area contributed by atoms with Crippen LogP contribution in [0.1, 0.15) is 5.56 Å². The molecule has 0 aliphatic carbocycles. The molecule has 0 unspecified atom stereocenters. The van der Waals surface area contributed by atoms with E-state index >= 15 is 0 Å². The van der Waals surface area contributed by atoms with E-state index in [1.807, 2.05) is 91.1 Å². The standard InChI is InChI=1S/C26H17N5.Cu/c27-25-4-2-1-3-23(25)24-14-22-13-20-8-7-18(29-20)11-16-5-6-17(28-16)12-19-9-10-21(30-19)15-26(24)31-22;/h1-15H,27H2;. The van der Waals surface area contributed by atoms with Gasteiger partial charge in [-0.3, -0.25) is 0 Å². The molecule has 157 valence electrons. The van der Waals surface area contributed by atoms with Gasteiger partial charge in [-0.1, -0.05) is 18.2 Å². The van der Waals surface area contributed by atoms with Gasteiger partial charge in [-0.05, 0) is 72.9 Å². The molecule has 5 nitrogen and oxygen atoms in total. The number of para-hydroxylation sites is 1. The molecular weight excluding hydrogens is 446 g/mol. The van der Waals surface area contributed by atoms with Crippen molar-refractivity contribution in [1.29, 1.82) is 0 Å². The molecule has 1 aromatic rings. The molecular formula is C26H17CuN5. The van der Waals surface area contributed by atoms with Crippen LogP contribution in [0.5, 0.6) is 0 Å². The summed E-state index contributed by atoms with van der Waals surface area (Å²) in [5.41, 5.74) is 15.7. The number of rotatable bonds is 1. The maximum absolute atomic E-state index is 6.27. The Morgan fingerprint density at radius 2 is 1.06 bits per heavy atom. The van der Waals surface area contributed by atoms with E-state index in [2.05, 4.69) is 9.98 Å². The minimum absolute atomic E-state index is 0. The number of anilines is 1. The number of nitrogen functional groups attached to an aromatic ring is 1. The minimum atomic E-state index is 0. The third-order valence-corrected chi connectivity index (χ3v) is 5.29. The second-order valence-corrected chi connectivity index (χ2v) is 7.53. The van der Waals surface area contributed by atoms with Crippen LogP contribution >= 0.6 is 0 Å². The van der Waals surface area contributed by atoms with Crippen LogP contribution in [0.3, 0.4) is 0 Å². The van der Waals surface area contributed by atoms with E-state index in [9.17, 15) is 0 Å². The molecule has 0 aromatic heterocycles. The largest absolute Gasteiger partial charge is 0.398 e. The summed E-state index contributed by atoms with van der Waals surface area (Å²) in [6, 6.07) is 7.83. The average molecular weight is 463 g/mol. The molecule has 0 amide bonds. The normalized spacial score (nSPS) is 19.8. The van der Waals surface area contributed by atoms with Gasteiger partial charge in [0, 0.05) is 33.9 Å². The predicted molar refractivity (Wildman–Crippen MR) is 128 cm³/mol. The van der Waals surface area contributed by atoms with Crippen molar-refractivity contribution >= 4 is 34.1 Å². The fraction of sp³-hybridized carbons (Fsp3) is 0. The molecule has 5 aliphatic heterocycles. The summed E-state index contributed by atoms with van der Waals surface area (Å²) in [6.07, 6.45) is 21.9. The zero-order chi connectivity index (χ0) is 20.8. The first-order chi connectivity index (χ1) is 15.2. The van der Waals surface area contributed by atoms with Crippen LogP contribution in [0, 0.1) is 0 Å². The summed E-state index contributed by atoms with van der Waals surface area (Å²) in [4.78, 5) is 18.9. The number of nitrogens with zero attached hydrogens (tertiary/aromatic N) is 4. The van der Waals surface area contributed by atoms with Gasteiger partial charge in [-0.2, -0.15) is 0 Å². The van der Waals surface area contributed by atoms with E-state index in [1.54, 1.807) is 0 Å². The summed E-state index contributed by atoms with van der Waals surface area (Å²) in [5, 5.41) is 0. The predicted octanol–water partition coefficient (Wildman–Crippen LogP) is 4.69. The van der Waals surface area contributed by atoms with Crippen molar-refractivity contribution < 1.29 is 17.1 Å². The Morgan fingerprint density at radius 3 is 1.66 bits per heavy atom. The van der Waals surface area contributed by atoms with Gasteiger partial charge < -0.3 is 5.73 Å². The van der Waals surface area contributed by atoms with Gasteiger partial charge in [0.25, 0.3) is 0 Å². The molecule has 5 heterocycles. The minimum Gasteiger partial charge on any atom is -0.398 e. The van der Waals surface area contributed by atoms with Crippen LogP contribution in [0.15, 0.2) is 134 Å². The van der Waals surface area contributed by atoms with Crippen molar-refractivity contribution in [3.63, 3.8) is 0 Å². The van der Waals surface area contributed by atoms with Crippen LogP contribution in [0.25, 0.3) is 5.57 Å². The summed E-state index contributed by atoms with van der Waals surface area (Å²) >= 11 is 0. The Labute approximate surface area is 196 Å². The monoisotopic (exact) mass is 462 g/mol. The van der Waals surface area contributed by atoms with Crippen molar-refractivity contribution in [2.24, 2.45) is 20.0 Å². The molecule has 5 aliphatic rings. The number of aliphatic imine (C=N–C) groups is 4. The van der Waals surface area contributed by atoms with Crippen LogP contribution in [0.2, 0.25) is 0 Å². The van der Waals surface area contributed by atoms with Gasteiger partial charge in [0.2, 0.25) is 0 Å². The third-order valence-electron chi connectivity index (χ3n) is 5.29. The molecule has 6 rings (SSSR count). The van der Waals surface area contributed by atoms with Gasteiger partial charge in [0.15, 0.2) is 0 Å². The van der Waals surface area contributed by atoms with E-state index in [-0.39, 0.29) is 17.1 Å². The summed E-state index contributed by atoms with van der Waals surface area (Å²) in [7, 11) is 0. The molecule has 6 heteroatoms. The number of benzene rings is 1. The average Bonchev–Trinajstić information content (AvgIpc) is 3.53. The number of fused-ring (bicyclic) bond motifs is 4. The Hall–Kier alpha value is -3.86. The van der Waals surface area contributed by atoms with E-state index < -0.39 is 0 Å². The molecule has 1 aromatic carbocycles. The Balaban J connectivity index is 0.00000216. The van der Waals surface area contributed by atoms with Crippen molar-refractivity contribution in [2.45, 2.75) is 0 Å². The second kappa shape index (κ2) is 8.00.